The van der Waals surface area contributed by atoms with Crippen molar-refractivity contribution in [2.75, 3.05) is 75.9 Å². The first-order chi connectivity index (χ1) is 39.2. The number of hydrogen-bond acceptors (Lipinski definition) is 26. The van der Waals surface area contributed by atoms with Gasteiger partial charge in [0.05, 0.1) is 44.7 Å². The van der Waals surface area contributed by atoms with Gasteiger partial charge in [0.15, 0.2) is 43.6 Å². The van der Waals surface area contributed by atoms with Crippen molar-refractivity contribution in [1.82, 2.24) is 32.2 Å². The van der Waals surface area contributed by atoms with Crippen molar-refractivity contribution in [1.29, 1.82) is 0 Å². The SMILES string of the molecule is CCCN(CC)S(=O)(=O)c1ncc(C(=O)CSC(C)=O)o1.CCCN(CCC)S(=O)(=O)c1nc(C)c(C(=O)CSC(C)=O)s1.CCN(C)S(=O)(=O)c1ccc(C(=O)CSC(C)=O)s1.CCN(CC)S(=O)(=O)c1ccc(C(=O)CSC(C)=O)nc1. The molecule has 0 radical (unpaired) electrons. The Morgan fingerprint density at radius 2 is 0.988 bits per heavy atom. The molecule has 0 atom stereocenters. The number of Topliss-reactive ketones (excluding diaryl/α,β-unsaturated/α-hetero) is 4. The molecule has 4 aromatic rings. The van der Waals surface area contributed by atoms with Crippen molar-refractivity contribution in [3.05, 3.63) is 63.6 Å². The largest absolute Gasteiger partial charge is 0.424 e. The van der Waals surface area contributed by atoms with E-state index >= 15 is 0 Å². The predicted molar refractivity (Wildman–Crippen MR) is 331 cm³/mol. The van der Waals surface area contributed by atoms with Crippen molar-refractivity contribution in [2.45, 2.75) is 121 Å². The van der Waals surface area contributed by atoms with E-state index < -0.39 is 51.1 Å². The molecule has 0 aliphatic carbocycles. The third-order valence-electron chi connectivity index (χ3n) is 10.6. The third-order valence-corrected chi connectivity index (χ3v) is 24.7. The Morgan fingerprint density at radius 3 is 1.44 bits per heavy atom. The molecular weight excluding hydrogens is 1290 g/mol. The molecule has 0 spiro atoms. The number of sulfonamides is 4. The first kappa shape index (κ1) is 78.1. The fraction of sp³-hybridized carbons (Fsp3) is 0.540. The maximum Gasteiger partial charge on any atom is 0.331 e. The molecule has 0 N–H and O–H groups in total. The maximum absolute atomic E-state index is 12.7. The van der Waals surface area contributed by atoms with Crippen LogP contribution < -0.4 is 0 Å². The van der Waals surface area contributed by atoms with E-state index in [4.69, 9.17) is 4.42 Å². The summed E-state index contributed by atoms with van der Waals surface area (Å²) in [5.41, 5.74) is 0.554. The van der Waals surface area contributed by atoms with Crippen LogP contribution in [0.5, 0.6) is 0 Å². The summed E-state index contributed by atoms with van der Waals surface area (Å²) >= 11 is 5.40. The number of carbonyl (C=O) groups excluding carboxylic acids is 8. The molecular formula is C50H73N7O17S10. The number of aromatic nitrogens is 3. The number of thiazole rings is 1. The second kappa shape index (κ2) is 37.7. The predicted octanol–water partition coefficient (Wildman–Crippen LogP) is 7.71. The van der Waals surface area contributed by atoms with E-state index in [9.17, 15) is 72.0 Å². The highest BCUT2D eigenvalue weighted by Gasteiger charge is 2.31. The minimum absolute atomic E-state index is 0.00444. The molecule has 24 nitrogen and oxygen atoms in total. The number of hydrogen-bond donors (Lipinski definition) is 0. The van der Waals surface area contributed by atoms with Gasteiger partial charge in [0.1, 0.15) is 14.8 Å². The number of thiophene rings is 1. The van der Waals surface area contributed by atoms with E-state index in [1.807, 2.05) is 20.8 Å². The number of rotatable bonds is 30. The molecule has 4 rings (SSSR count). The molecule has 4 heterocycles. The van der Waals surface area contributed by atoms with Crippen LogP contribution in [0.2, 0.25) is 0 Å². The standard InChI is InChI=1S/C14H22N2O4S3.C13H18N2O4S2.C12H18N2O5S2.C11H15NO4S3/c1-5-7-16(8-6-2)23(19,20)14-15-10(3)13(22-14)12(18)9-21-11(4)17;1-4-15(5-2)21(18,19)11-6-7-12(14-8-11)13(17)9-20-10(3)16;1-4-6-14(5-2)21(17,18)12-13-7-11(19-12)10(16)8-20-9(3)15;1-4-12(3)19(15,16)11-6-5-10(18-11)9(14)7-17-8(2)13/h5-9H2,1-4H3;6-8H,4-5,9H2,1-3H3;7H,4-6,8H2,1-3H3;5-6H,4,7H2,1-3H3. The topological polar surface area (TPSA) is 338 Å². The Labute approximate surface area is 518 Å². The van der Waals surface area contributed by atoms with Gasteiger partial charge in [-0.05, 0) is 50.5 Å². The maximum atomic E-state index is 12.7. The van der Waals surface area contributed by atoms with Crippen LogP contribution in [0, 0.1) is 6.92 Å². The molecule has 4 aromatic heterocycles. The molecule has 34 heteroatoms. The molecule has 0 saturated heterocycles. The highest BCUT2D eigenvalue weighted by Crippen LogP contribution is 2.28. The molecule has 0 fully saturated rings. The summed E-state index contributed by atoms with van der Waals surface area (Å²) in [6, 6.07) is 5.66. The van der Waals surface area contributed by atoms with Crippen LogP contribution in [0.3, 0.4) is 0 Å². The number of pyridine rings is 1. The van der Waals surface area contributed by atoms with Gasteiger partial charge in [-0.1, -0.05) is 107 Å². The molecule has 0 aliphatic rings. The van der Waals surface area contributed by atoms with Gasteiger partial charge in [0.2, 0.25) is 20.1 Å². The summed E-state index contributed by atoms with van der Waals surface area (Å²) in [5, 5.41) is -1.12. The number of aryl methyl sites for hydroxylation is 1. The zero-order chi connectivity index (χ0) is 64.3. The monoisotopic (exact) mass is 1360 g/mol. The van der Waals surface area contributed by atoms with Crippen LogP contribution in [0.1, 0.15) is 142 Å². The van der Waals surface area contributed by atoms with E-state index in [2.05, 4.69) is 15.0 Å². The van der Waals surface area contributed by atoms with Gasteiger partial charge in [0.25, 0.3) is 30.1 Å². The number of thioether (sulfide) groups is 4. The van der Waals surface area contributed by atoms with Crippen molar-refractivity contribution >= 4 is 153 Å². The lowest BCUT2D eigenvalue weighted by molar-refractivity contribution is -0.109. The number of carbonyl (C=O) groups is 8. The summed E-state index contributed by atoms with van der Waals surface area (Å²) < 4.78 is 109. The van der Waals surface area contributed by atoms with Crippen LogP contribution in [0.4, 0.5) is 0 Å². The molecule has 470 valence electrons. The van der Waals surface area contributed by atoms with E-state index in [1.54, 1.807) is 34.6 Å². The van der Waals surface area contributed by atoms with Crippen molar-refractivity contribution < 1.29 is 76.4 Å². The molecule has 0 aliphatic heterocycles. The van der Waals surface area contributed by atoms with Gasteiger partial charge in [-0.3, -0.25) is 43.3 Å². The van der Waals surface area contributed by atoms with Crippen LogP contribution in [0.15, 0.2) is 59.7 Å². The summed E-state index contributed by atoms with van der Waals surface area (Å²) in [7, 11) is -13.1. The van der Waals surface area contributed by atoms with Crippen LogP contribution in [-0.4, -0.2) is 185 Å². The average Bonchev–Trinajstić information content (AvgIpc) is 4.45. The highest BCUT2D eigenvalue weighted by atomic mass is 32.3. The van der Waals surface area contributed by atoms with E-state index in [0.29, 0.717) is 80.5 Å². The molecule has 0 amide bonds. The lowest BCUT2D eigenvalue weighted by Gasteiger charge is -2.19. The Balaban J connectivity index is 0.000000561. The minimum atomic E-state index is -3.83. The van der Waals surface area contributed by atoms with Gasteiger partial charge in [-0.15, -0.1) is 11.3 Å². The van der Waals surface area contributed by atoms with Crippen LogP contribution >= 0.6 is 69.7 Å². The average molecular weight is 1360 g/mol. The minimum Gasteiger partial charge on any atom is -0.424 e. The van der Waals surface area contributed by atoms with Gasteiger partial charge in [0, 0.05) is 86.8 Å². The molecule has 0 aromatic carbocycles. The fourth-order valence-electron chi connectivity index (χ4n) is 6.31. The van der Waals surface area contributed by atoms with Crippen molar-refractivity contribution in [2.24, 2.45) is 0 Å². The number of ketones is 4. The first-order valence-corrected chi connectivity index (χ1v) is 37.1. The third kappa shape index (κ3) is 24.7. The quantitative estimate of drug-likeness (QED) is 0.0451. The van der Waals surface area contributed by atoms with Gasteiger partial charge < -0.3 is 4.42 Å². The van der Waals surface area contributed by atoms with Crippen LogP contribution in [-0.2, 0) is 59.3 Å². The molecule has 0 bridgehead atoms. The smallest absolute Gasteiger partial charge is 0.331 e. The second-order valence-corrected chi connectivity index (χ2v) is 31.9. The lowest BCUT2D eigenvalue weighted by Crippen LogP contribution is -2.32. The van der Waals surface area contributed by atoms with Gasteiger partial charge in [-0.2, -0.15) is 12.9 Å². The Hall–Kier alpha value is -3.91. The zero-order valence-corrected chi connectivity index (χ0v) is 57.2. The second-order valence-electron chi connectivity index (χ2n) is 17.1. The Kier molecular flexibility index (Phi) is 35.1. The summed E-state index contributed by atoms with van der Waals surface area (Å²) in [6.07, 6.45) is 4.35. The van der Waals surface area contributed by atoms with E-state index in [0.717, 1.165) is 75.9 Å². The zero-order valence-electron chi connectivity index (χ0n) is 49.0. The molecule has 0 unspecified atom stereocenters. The van der Waals surface area contributed by atoms with Gasteiger partial charge in [-0.25, -0.2) is 47.9 Å². The van der Waals surface area contributed by atoms with Gasteiger partial charge >= 0.3 is 5.22 Å². The Bertz CT molecular complexity index is 3340. The molecule has 0 saturated carbocycles. The van der Waals surface area contributed by atoms with Crippen LogP contribution in [0.25, 0.3) is 0 Å². The summed E-state index contributed by atoms with van der Waals surface area (Å²) in [6.45, 7) is 22.4. The van der Waals surface area contributed by atoms with Crippen molar-refractivity contribution in [3.63, 3.8) is 0 Å². The molecule has 84 heavy (non-hydrogen) atoms. The number of nitrogens with zero attached hydrogens (tertiary/aromatic N) is 7. The number of oxazole rings is 1. The Morgan fingerprint density at radius 1 is 0.512 bits per heavy atom. The summed E-state index contributed by atoms with van der Waals surface area (Å²) in [4.78, 5) is 103. The van der Waals surface area contributed by atoms with Crippen molar-refractivity contribution in [3.8, 4) is 0 Å². The van der Waals surface area contributed by atoms with E-state index in [-0.39, 0.29) is 85.7 Å². The summed E-state index contributed by atoms with van der Waals surface area (Å²) in [5.74, 6) is -1.48. The normalized spacial score (nSPS) is 11.8. The first-order valence-electron chi connectivity index (χ1n) is 25.8. The van der Waals surface area contributed by atoms with E-state index in [1.165, 1.54) is 82.4 Å². The highest BCUT2D eigenvalue weighted by molar-refractivity contribution is 8.15. The lowest BCUT2D eigenvalue weighted by atomic mass is 10.3. The fourth-order valence-corrected chi connectivity index (χ4v) is 16.9.